The number of nitrogens with one attached hydrogen (secondary N) is 2. The van der Waals surface area contributed by atoms with Crippen LogP contribution in [0.5, 0.6) is 5.75 Å². The van der Waals surface area contributed by atoms with Crippen LogP contribution >= 0.6 is 23.1 Å². The summed E-state index contributed by atoms with van der Waals surface area (Å²) in [7, 11) is 0. The lowest BCUT2D eigenvalue weighted by molar-refractivity contribution is -0.137. The summed E-state index contributed by atoms with van der Waals surface area (Å²) in [5.41, 5.74) is 0.259. The number of carbonyl (C=O) groups is 3. The largest absolute Gasteiger partial charge is 0.484 e. The molecule has 2 N–H and O–H groups in total. The summed E-state index contributed by atoms with van der Waals surface area (Å²) >= 11 is 2.66. The Morgan fingerprint density at radius 3 is 2.44 bits per heavy atom. The number of aromatic amines is 1. The molecule has 14 heteroatoms. The van der Waals surface area contributed by atoms with Crippen LogP contribution in [0, 0.1) is 35.4 Å². The number of halogens is 4. The molecule has 3 aromatic carbocycles. The van der Waals surface area contributed by atoms with Gasteiger partial charge in [-0.1, -0.05) is 29.5 Å². The zero-order valence-corrected chi connectivity index (χ0v) is 26.3. The first-order chi connectivity index (χ1) is 23.0. The van der Waals surface area contributed by atoms with E-state index in [1.54, 1.807) is 30.0 Å². The van der Waals surface area contributed by atoms with Crippen molar-refractivity contribution in [1.82, 2.24) is 4.98 Å². The molecule has 4 aromatic rings. The summed E-state index contributed by atoms with van der Waals surface area (Å²) in [6, 6.07) is 16.7. The van der Waals surface area contributed by atoms with E-state index in [0.717, 1.165) is 38.9 Å². The predicted molar refractivity (Wildman–Crippen MR) is 169 cm³/mol. The lowest BCUT2D eigenvalue weighted by Crippen LogP contribution is -2.42. The zero-order chi connectivity index (χ0) is 33.5. The fourth-order valence-corrected chi connectivity index (χ4v) is 11.0. The molecule has 8 rings (SSSR count). The van der Waals surface area contributed by atoms with Crippen molar-refractivity contribution in [3.05, 3.63) is 104 Å². The minimum absolute atomic E-state index is 0.0136. The van der Waals surface area contributed by atoms with Gasteiger partial charge in [0.15, 0.2) is 6.61 Å². The number of aromatic nitrogens is 1. The number of hydrogen-bond donors (Lipinski definition) is 2. The van der Waals surface area contributed by atoms with E-state index < -0.39 is 41.9 Å². The molecule has 2 aliphatic heterocycles. The Kier molecular flexibility index (Phi) is 7.29. The van der Waals surface area contributed by atoms with Crippen molar-refractivity contribution in [2.24, 2.45) is 29.6 Å². The first-order valence-corrected chi connectivity index (χ1v) is 16.9. The molecule has 1 aromatic heterocycles. The van der Waals surface area contributed by atoms with E-state index in [4.69, 9.17) is 4.74 Å². The van der Waals surface area contributed by atoms with Gasteiger partial charge in [-0.25, -0.2) is 4.39 Å². The molecule has 2 saturated carbocycles. The van der Waals surface area contributed by atoms with Gasteiger partial charge in [0.1, 0.15) is 11.6 Å². The second kappa shape index (κ2) is 11.3. The SMILES string of the molecule is O=C(COc1cccc([C@@H]2c3sc(=O)[nH]c3S[C@@H]3[C@@H]4C[C@@H]([C@@H]5C(=O)N(c6ccc(F)cc6)C(=O)[C@@H]45)[C@H]23)c1)Nc1cccc(C(F)(F)F)c1. The van der Waals surface area contributed by atoms with Gasteiger partial charge in [-0.3, -0.25) is 24.1 Å². The number of benzene rings is 3. The topological polar surface area (TPSA) is 109 Å². The van der Waals surface area contributed by atoms with Crippen LogP contribution in [-0.4, -0.2) is 34.6 Å². The van der Waals surface area contributed by atoms with Crippen molar-refractivity contribution in [3.63, 3.8) is 0 Å². The van der Waals surface area contributed by atoms with Crippen LogP contribution in [0.15, 0.2) is 82.6 Å². The smallest absolute Gasteiger partial charge is 0.416 e. The Balaban J connectivity index is 1.06. The van der Waals surface area contributed by atoms with Gasteiger partial charge >= 0.3 is 11.0 Å². The van der Waals surface area contributed by atoms with Crippen LogP contribution in [0.2, 0.25) is 0 Å². The fraction of sp³-hybridized carbons (Fsp3) is 0.294. The number of H-pyrrole nitrogens is 1. The Labute approximate surface area is 278 Å². The molecule has 3 fully saturated rings. The lowest BCUT2D eigenvalue weighted by Gasteiger charge is -2.43. The molecule has 8 nitrogen and oxygen atoms in total. The third kappa shape index (κ3) is 5.04. The predicted octanol–water partition coefficient (Wildman–Crippen LogP) is 6.29. The Bertz CT molecular complexity index is 2030. The Morgan fingerprint density at radius 1 is 0.958 bits per heavy atom. The van der Waals surface area contributed by atoms with Crippen molar-refractivity contribution >= 4 is 52.2 Å². The standard InChI is InChI=1S/C34H25F4N3O5S2/c35-17-7-9-19(10-8-17)41-31(43)26-21-13-22(27(26)32(41)44)28-25(21)24(29-30(47-28)40-33(45)48-29)15-3-1-6-20(11-15)46-14-23(42)39-18-5-2-4-16(12-18)34(36,37)38/h1-12,21-22,24-28H,13-14H2,(H,39,42)(H,40,45)/t21-,22-,24+,25-,26+,27+,28-/m1/s1. The van der Waals surface area contributed by atoms with Crippen LogP contribution in [0.25, 0.3) is 0 Å². The molecule has 3 heterocycles. The average molecular weight is 696 g/mol. The Hall–Kier alpha value is -4.43. The molecule has 0 unspecified atom stereocenters. The van der Waals surface area contributed by atoms with E-state index in [1.165, 1.54) is 41.3 Å². The zero-order valence-electron chi connectivity index (χ0n) is 24.7. The quantitative estimate of drug-likeness (QED) is 0.181. The monoisotopic (exact) mass is 695 g/mol. The van der Waals surface area contributed by atoms with Gasteiger partial charge in [0, 0.05) is 21.7 Å². The molecule has 3 amide bonds. The second-order valence-electron chi connectivity index (χ2n) is 12.4. The van der Waals surface area contributed by atoms with Gasteiger partial charge in [-0.2, -0.15) is 13.2 Å². The van der Waals surface area contributed by atoms with Gasteiger partial charge in [-0.15, -0.1) is 11.8 Å². The van der Waals surface area contributed by atoms with Crippen LogP contribution in [0.3, 0.4) is 0 Å². The summed E-state index contributed by atoms with van der Waals surface area (Å²) in [5.74, 6) is -2.98. The molecular weight excluding hydrogens is 671 g/mol. The van der Waals surface area contributed by atoms with Gasteiger partial charge in [0.25, 0.3) is 5.91 Å². The van der Waals surface area contributed by atoms with Crippen molar-refractivity contribution in [3.8, 4) is 5.75 Å². The number of ether oxygens (including phenoxy) is 1. The number of amides is 3. The Morgan fingerprint density at radius 2 is 1.69 bits per heavy atom. The maximum absolute atomic E-state index is 13.9. The van der Waals surface area contributed by atoms with Crippen molar-refractivity contribution in [2.45, 2.75) is 28.8 Å². The van der Waals surface area contributed by atoms with E-state index in [2.05, 4.69) is 10.3 Å². The molecule has 0 spiro atoms. The van der Waals surface area contributed by atoms with Gasteiger partial charge < -0.3 is 15.0 Å². The molecule has 7 atom stereocenters. The minimum Gasteiger partial charge on any atom is -0.484 e. The highest BCUT2D eigenvalue weighted by Gasteiger charge is 2.69. The maximum atomic E-state index is 13.9. The number of nitrogens with zero attached hydrogens (tertiary/aromatic N) is 1. The van der Waals surface area contributed by atoms with Crippen LogP contribution in [0.1, 0.15) is 28.3 Å². The minimum atomic E-state index is -4.55. The number of thioether (sulfide) groups is 1. The van der Waals surface area contributed by atoms with Crippen LogP contribution < -0.4 is 19.8 Å². The highest BCUT2D eigenvalue weighted by Crippen LogP contribution is 2.68. The molecular formula is C34H25F4N3O5S2. The molecule has 48 heavy (non-hydrogen) atoms. The van der Waals surface area contributed by atoms with Gasteiger partial charge in [0.05, 0.1) is 28.1 Å². The molecule has 246 valence electrons. The molecule has 4 aliphatic rings. The molecule has 1 saturated heterocycles. The first kappa shape index (κ1) is 30.9. The third-order valence-electron chi connectivity index (χ3n) is 9.87. The normalized spacial score (nSPS) is 27.1. The number of imide groups is 1. The molecule has 2 aliphatic carbocycles. The van der Waals surface area contributed by atoms with E-state index in [0.29, 0.717) is 17.9 Å². The lowest BCUT2D eigenvalue weighted by atomic mass is 9.68. The second-order valence-corrected chi connectivity index (χ2v) is 14.6. The fourth-order valence-electron chi connectivity index (χ4n) is 8.15. The number of thiazole rings is 1. The third-order valence-corrected chi connectivity index (χ3v) is 12.5. The summed E-state index contributed by atoms with van der Waals surface area (Å²) in [6.07, 6.45) is -3.86. The van der Waals surface area contributed by atoms with Gasteiger partial charge in [-0.05, 0) is 84.3 Å². The first-order valence-electron chi connectivity index (χ1n) is 15.2. The highest BCUT2D eigenvalue weighted by molar-refractivity contribution is 8.00. The number of fused-ring (bicyclic) bond motifs is 9. The summed E-state index contributed by atoms with van der Waals surface area (Å²) in [4.78, 5) is 57.6. The summed E-state index contributed by atoms with van der Waals surface area (Å²) in [5, 5.41) is 3.11. The summed E-state index contributed by atoms with van der Waals surface area (Å²) < 4.78 is 58.7. The molecule has 0 radical (unpaired) electrons. The van der Waals surface area contributed by atoms with E-state index in [1.807, 2.05) is 6.07 Å². The van der Waals surface area contributed by atoms with Crippen LogP contribution in [-0.2, 0) is 20.6 Å². The molecule has 2 bridgehead atoms. The maximum Gasteiger partial charge on any atom is 0.416 e. The number of carbonyl (C=O) groups excluding carboxylic acids is 3. The number of anilines is 2. The van der Waals surface area contributed by atoms with Crippen molar-refractivity contribution in [2.75, 3.05) is 16.8 Å². The van der Waals surface area contributed by atoms with E-state index in [-0.39, 0.29) is 51.3 Å². The number of hydrogen-bond acceptors (Lipinski definition) is 7. The van der Waals surface area contributed by atoms with E-state index in [9.17, 15) is 36.7 Å². The van der Waals surface area contributed by atoms with Gasteiger partial charge in [0.2, 0.25) is 11.8 Å². The van der Waals surface area contributed by atoms with Crippen LogP contribution in [0.4, 0.5) is 28.9 Å². The average Bonchev–Trinajstić information content (AvgIpc) is 3.79. The van der Waals surface area contributed by atoms with E-state index >= 15 is 0 Å². The number of rotatable bonds is 6. The highest BCUT2D eigenvalue weighted by atomic mass is 32.2. The summed E-state index contributed by atoms with van der Waals surface area (Å²) in [6.45, 7) is -0.459. The van der Waals surface area contributed by atoms with Crippen molar-refractivity contribution < 1.29 is 36.7 Å². The number of alkyl halides is 3. The van der Waals surface area contributed by atoms with Crippen molar-refractivity contribution in [1.29, 1.82) is 0 Å².